The van der Waals surface area contributed by atoms with Crippen molar-refractivity contribution in [1.82, 2.24) is 24.8 Å². The third-order valence-electron chi connectivity index (χ3n) is 5.19. The highest BCUT2D eigenvalue weighted by molar-refractivity contribution is 7.99. The number of nitrogens with one attached hydrogen (secondary N) is 4. The van der Waals surface area contributed by atoms with Crippen molar-refractivity contribution in [2.45, 2.75) is 17.0 Å². The molecule has 3 heterocycles. The number of carbonyl (C=O) groups excluding carboxylic acids is 1. The Kier molecular flexibility index (Phi) is 6.72. The van der Waals surface area contributed by atoms with Crippen molar-refractivity contribution in [3.05, 3.63) is 78.6 Å². The summed E-state index contributed by atoms with van der Waals surface area (Å²) >= 11 is 1.43. The zero-order valence-electron chi connectivity index (χ0n) is 19.6. The fourth-order valence-corrected chi connectivity index (χ4v) is 4.23. The van der Waals surface area contributed by atoms with Crippen LogP contribution in [0.15, 0.2) is 83.0 Å². The van der Waals surface area contributed by atoms with E-state index in [0.29, 0.717) is 22.5 Å². The third kappa shape index (κ3) is 5.58. The van der Waals surface area contributed by atoms with Crippen LogP contribution in [0.1, 0.15) is 5.69 Å². The first-order valence-electron chi connectivity index (χ1n) is 11.2. The minimum Gasteiger partial charge on any atom is -0.497 e. The first-order valence-corrected chi connectivity index (χ1v) is 12.0. The Hall–Kier alpha value is -4.51. The summed E-state index contributed by atoms with van der Waals surface area (Å²) in [5.74, 6) is 1.93. The summed E-state index contributed by atoms with van der Waals surface area (Å²) in [6.45, 7) is 2.08. The Morgan fingerprint density at radius 1 is 1.08 bits per heavy atom. The van der Waals surface area contributed by atoms with Gasteiger partial charge >= 0.3 is 0 Å². The average molecular weight is 501 g/mol. The molecule has 0 unspecified atom stereocenters. The summed E-state index contributed by atoms with van der Waals surface area (Å²) in [5.41, 5.74) is 3.32. The number of fused-ring (bicyclic) bond motifs is 1. The van der Waals surface area contributed by atoms with E-state index < -0.39 is 0 Å². The average Bonchev–Trinajstić information content (AvgIpc) is 3.53. The fraction of sp³-hybridized carbons (Fsp3) is 0.120. The van der Waals surface area contributed by atoms with E-state index in [9.17, 15) is 4.79 Å². The SMILES string of the molecule is COc1cccc(NCC(=O)Nc2ccc(Sc3nc(Nc4cc(C)[nH]n4)c4cccn4n3)cc2)c1. The molecule has 0 saturated heterocycles. The lowest BCUT2D eigenvalue weighted by Crippen LogP contribution is -2.21. The van der Waals surface area contributed by atoms with Gasteiger partial charge in [-0.25, -0.2) is 9.50 Å². The molecule has 2 aromatic carbocycles. The molecule has 0 fully saturated rings. The van der Waals surface area contributed by atoms with E-state index in [-0.39, 0.29) is 12.5 Å². The predicted octanol–water partition coefficient (Wildman–Crippen LogP) is 4.71. The van der Waals surface area contributed by atoms with Crippen LogP contribution in [0, 0.1) is 6.92 Å². The number of benzene rings is 2. The largest absolute Gasteiger partial charge is 0.497 e. The Morgan fingerprint density at radius 2 is 1.94 bits per heavy atom. The number of aromatic amines is 1. The number of methoxy groups -OCH3 is 1. The highest BCUT2D eigenvalue weighted by atomic mass is 32.2. The van der Waals surface area contributed by atoms with Crippen molar-refractivity contribution in [1.29, 1.82) is 0 Å². The molecule has 0 aliphatic rings. The highest BCUT2D eigenvalue weighted by Crippen LogP contribution is 2.29. The second-order valence-corrected chi connectivity index (χ2v) is 8.94. The monoisotopic (exact) mass is 500 g/mol. The molecular weight excluding hydrogens is 476 g/mol. The third-order valence-corrected chi connectivity index (χ3v) is 6.06. The lowest BCUT2D eigenvalue weighted by molar-refractivity contribution is -0.114. The molecular formula is C25H24N8O2S. The first-order chi connectivity index (χ1) is 17.6. The number of amides is 1. The van der Waals surface area contributed by atoms with Gasteiger partial charge in [-0.2, -0.15) is 5.10 Å². The molecule has 0 atom stereocenters. The van der Waals surface area contributed by atoms with Gasteiger partial charge < -0.3 is 20.7 Å². The van der Waals surface area contributed by atoms with Crippen molar-refractivity contribution >= 4 is 46.2 Å². The molecule has 5 rings (SSSR count). The van der Waals surface area contributed by atoms with Crippen molar-refractivity contribution in [3.63, 3.8) is 0 Å². The second-order valence-electron chi connectivity index (χ2n) is 7.90. The topological polar surface area (TPSA) is 121 Å². The number of rotatable bonds is 9. The standard InChI is InChI=1S/C25H24N8O2S/c1-16-13-22(31-30-16)28-24-21-7-4-12-33(21)32-25(29-24)36-20-10-8-17(9-11-20)27-23(34)15-26-18-5-3-6-19(14-18)35-2/h3-14,26H,15H2,1-2H3,(H,27,34)(H2,28,29,30,31,32). The zero-order chi connectivity index (χ0) is 24.9. The molecule has 0 spiro atoms. The van der Waals surface area contributed by atoms with E-state index >= 15 is 0 Å². The maximum absolute atomic E-state index is 12.4. The summed E-state index contributed by atoms with van der Waals surface area (Å²) < 4.78 is 6.98. The molecule has 1 amide bonds. The van der Waals surface area contributed by atoms with Crippen molar-refractivity contribution in [2.75, 3.05) is 29.6 Å². The van der Waals surface area contributed by atoms with Gasteiger partial charge in [0.05, 0.1) is 13.7 Å². The zero-order valence-corrected chi connectivity index (χ0v) is 20.5. The lowest BCUT2D eigenvalue weighted by Gasteiger charge is -2.10. The number of nitrogens with zero attached hydrogens (tertiary/aromatic N) is 4. The molecule has 0 radical (unpaired) electrons. The molecule has 4 N–H and O–H groups in total. The van der Waals surface area contributed by atoms with E-state index in [1.165, 1.54) is 11.8 Å². The Balaban J connectivity index is 1.22. The van der Waals surface area contributed by atoms with E-state index in [2.05, 4.69) is 36.2 Å². The molecule has 0 aliphatic carbocycles. The van der Waals surface area contributed by atoms with E-state index in [0.717, 1.165) is 27.5 Å². The number of H-pyrrole nitrogens is 1. The maximum atomic E-state index is 12.4. The highest BCUT2D eigenvalue weighted by Gasteiger charge is 2.11. The van der Waals surface area contributed by atoms with Gasteiger partial charge in [0.25, 0.3) is 0 Å². The predicted molar refractivity (Wildman–Crippen MR) is 140 cm³/mol. The minimum absolute atomic E-state index is 0.139. The molecule has 3 aromatic heterocycles. The van der Waals surface area contributed by atoms with Gasteiger partial charge in [-0.15, -0.1) is 5.10 Å². The summed E-state index contributed by atoms with van der Waals surface area (Å²) in [5, 5.41) is 21.6. The van der Waals surface area contributed by atoms with Crippen molar-refractivity contribution in [3.8, 4) is 5.75 Å². The molecule has 0 saturated carbocycles. The van der Waals surface area contributed by atoms with Gasteiger partial charge in [0, 0.05) is 40.3 Å². The van der Waals surface area contributed by atoms with Crippen molar-refractivity contribution < 1.29 is 9.53 Å². The number of carbonyl (C=O) groups is 1. The minimum atomic E-state index is -0.149. The number of hydrogen-bond acceptors (Lipinski definition) is 8. The number of ether oxygens (including phenoxy) is 1. The fourth-order valence-electron chi connectivity index (χ4n) is 3.49. The number of hydrogen-bond donors (Lipinski definition) is 4. The van der Waals surface area contributed by atoms with Gasteiger partial charge in [-0.1, -0.05) is 6.07 Å². The van der Waals surface area contributed by atoms with Crippen LogP contribution in [0.5, 0.6) is 5.75 Å². The Morgan fingerprint density at radius 3 is 2.72 bits per heavy atom. The van der Waals surface area contributed by atoms with Crippen LogP contribution in [-0.4, -0.2) is 44.4 Å². The first kappa shape index (κ1) is 23.2. The second kappa shape index (κ2) is 10.4. The summed E-state index contributed by atoms with van der Waals surface area (Å²) in [6.07, 6.45) is 1.88. The summed E-state index contributed by atoms with van der Waals surface area (Å²) in [4.78, 5) is 18.0. The van der Waals surface area contributed by atoms with Crippen LogP contribution in [0.2, 0.25) is 0 Å². The molecule has 0 bridgehead atoms. The van der Waals surface area contributed by atoms with Gasteiger partial charge in [0.15, 0.2) is 11.6 Å². The van der Waals surface area contributed by atoms with Gasteiger partial charge in [0.2, 0.25) is 11.1 Å². The smallest absolute Gasteiger partial charge is 0.243 e. The van der Waals surface area contributed by atoms with Crippen molar-refractivity contribution in [2.24, 2.45) is 0 Å². The molecule has 5 aromatic rings. The van der Waals surface area contributed by atoms with Crippen LogP contribution in [0.4, 0.5) is 23.0 Å². The van der Waals surface area contributed by atoms with Crippen LogP contribution < -0.4 is 20.7 Å². The molecule has 0 aliphatic heterocycles. The van der Waals surface area contributed by atoms with Crippen LogP contribution in [-0.2, 0) is 4.79 Å². The van der Waals surface area contributed by atoms with Crippen LogP contribution >= 0.6 is 11.8 Å². The Bertz CT molecular complexity index is 1500. The molecule has 11 heteroatoms. The summed E-state index contributed by atoms with van der Waals surface area (Å²) in [7, 11) is 1.61. The van der Waals surface area contributed by atoms with Gasteiger partial charge in [0.1, 0.15) is 11.3 Å². The van der Waals surface area contributed by atoms with E-state index in [1.54, 1.807) is 11.6 Å². The van der Waals surface area contributed by atoms with Crippen LogP contribution in [0.3, 0.4) is 0 Å². The van der Waals surface area contributed by atoms with Gasteiger partial charge in [-0.3, -0.25) is 9.89 Å². The van der Waals surface area contributed by atoms with E-state index in [4.69, 9.17) is 4.74 Å². The number of aromatic nitrogens is 5. The number of anilines is 4. The quantitative estimate of drug-likeness (QED) is 0.230. The lowest BCUT2D eigenvalue weighted by atomic mass is 10.3. The summed E-state index contributed by atoms with van der Waals surface area (Å²) in [6, 6.07) is 20.7. The number of aryl methyl sites for hydroxylation is 1. The maximum Gasteiger partial charge on any atom is 0.243 e. The molecule has 36 heavy (non-hydrogen) atoms. The molecule has 182 valence electrons. The molecule has 10 nitrogen and oxygen atoms in total. The Labute approximate surface area is 211 Å². The van der Waals surface area contributed by atoms with Crippen LogP contribution in [0.25, 0.3) is 5.52 Å². The normalized spacial score (nSPS) is 10.8. The van der Waals surface area contributed by atoms with E-state index in [1.807, 2.05) is 79.9 Å². The van der Waals surface area contributed by atoms with Gasteiger partial charge in [-0.05, 0) is 67.2 Å².